The van der Waals surface area contributed by atoms with Gasteiger partial charge in [-0.1, -0.05) is 37.6 Å². The molecule has 2 heteroatoms. The first kappa shape index (κ1) is 11.2. The fourth-order valence-corrected chi connectivity index (χ4v) is 1.47. The lowest BCUT2D eigenvalue weighted by Gasteiger charge is -2.14. The average molecular weight is 193 g/mol. The van der Waals surface area contributed by atoms with E-state index in [1.54, 1.807) is 0 Å². The van der Waals surface area contributed by atoms with E-state index in [-0.39, 0.29) is 6.04 Å². The summed E-state index contributed by atoms with van der Waals surface area (Å²) in [7, 11) is 0. The average Bonchev–Trinajstić information content (AvgIpc) is 2.18. The first-order valence-corrected chi connectivity index (χ1v) is 5.17. The van der Waals surface area contributed by atoms with Crippen molar-refractivity contribution in [3.05, 3.63) is 35.4 Å². The van der Waals surface area contributed by atoms with Crippen molar-refractivity contribution < 1.29 is 5.11 Å². The summed E-state index contributed by atoms with van der Waals surface area (Å²) in [5.41, 5.74) is 7.83. The highest BCUT2D eigenvalue weighted by molar-refractivity contribution is 5.24. The van der Waals surface area contributed by atoms with Gasteiger partial charge in [0.05, 0.1) is 6.10 Å². The van der Waals surface area contributed by atoms with Crippen LogP contribution >= 0.6 is 0 Å². The second-order valence-electron chi connectivity index (χ2n) is 3.80. The van der Waals surface area contributed by atoms with E-state index in [0.29, 0.717) is 0 Å². The summed E-state index contributed by atoms with van der Waals surface area (Å²) in [6, 6.07) is 7.82. The molecule has 0 fully saturated rings. The normalized spacial score (nSPS) is 15.1. The minimum atomic E-state index is -0.550. The van der Waals surface area contributed by atoms with E-state index in [4.69, 9.17) is 5.73 Å². The molecule has 2 atom stereocenters. The fraction of sp³-hybridized carbons (Fsp3) is 0.500. The van der Waals surface area contributed by atoms with Gasteiger partial charge in [0.2, 0.25) is 0 Å². The molecule has 0 radical (unpaired) electrons. The molecule has 0 bridgehead atoms. The van der Waals surface area contributed by atoms with E-state index >= 15 is 0 Å². The molecule has 0 aliphatic rings. The number of hydrogen-bond donors (Lipinski definition) is 2. The van der Waals surface area contributed by atoms with Crippen LogP contribution in [0.1, 0.15) is 37.5 Å². The maximum absolute atomic E-state index is 9.69. The van der Waals surface area contributed by atoms with Gasteiger partial charge in [-0.3, -0.25) is 0 Å². The van der Waals surface area contributed by atoms with Gasteiger partial charge < -0.3 is 10.8 Å². The molecule has 78 valence electrons. The summed E-state index contributed by atoms with van der Waals surface area (Å²) in [6.45, 7) is 3.97. The second-order valence-corrected chi connectivity index (χ2v) is 3.80. The molecular weight excluding hydrogens is 174 g/mol. The molecule has 0 heterocycles. The zero-order valence-corrected chi connectivity index (χ0v) is 8.90. The lowest BCUT2D eigenvalue weighted by Crippen LogP contribution is -2.24. The molecule has 0 saturated heterocycles. The predicted octanol–water partition coefficient (Wildman–Crippen LogP) is 2.02. The standard InChI is InChI=1S/C12H19NO/c1-3-4-10-5-7-11(8-6-10)12(14)9(2)13/h5-9,12,14H,3-4,13H2,1-2H3/t9-,12-/m0/s1. The summed E-state index contributed by atoms with van der Waals surface area (Å²) in [5, 5.41) is 9.69. The van der Waals surface area contributed by atoms with Crippen LogP contribution in [-0.4, -0.2) is 11.1 Å². The monoisotopic (exact) mass is 193 g/mol. The number of aliphatic hydroxyl groups is 1. The zero-order valence-electron chi connectivity index (χ0n) is 8.90. The van der Waals surface area contributed by atoms with Crippen LogP contribution < -0.4 is 5.73 Å². The van der Waals surface area contributed by atoms with Crippen molar-refractivity contribution in [1.82, 2.24) is 0 Å². The molecular formula is C12H19NO. The Balaban J connectivity index is 2.72. The molecule has 1 aromatic carbocycles. The topological polar surface area (TPSA) is 46.2 Å². The molecule has 3 N–H and O–H groups in total. The maximum atomic E-state index is 9.69. The number of rotatable bonds is 4. The molecule has 1 rings (SSSR count). The molecule has 0 unspecified atom stereocenters. The van der Waals surface area contributed by atoms with Gasteiger partial charge in [-0.2, -0.15) is 0 Å². The van der Waals surface area contributed by atoms with Crippen molar-refractivity contribution >= 4 is 0 Å². The van der Waals surface area contributed by atoms with E-state index in [9.17, 15) is 5.11 Å². The Kier molecular flexibility index (Phi) is 4.11. The second kappa shape index (κ2) is 5.13. The lowest BCUT2D eigenvalue weighted by molar-refractivity contribution is 0.153. The predicted molar refractivity (Wildman–Crippen MR) is 59.0 cm³/mol. The third-order valence-corrected chi connectivity index (χ3v) is 2.36. The Bertz CT molecular complexity index is 266. The first-order valence-electron chi connectivity index (χ1n) is 5.17. The van der Waals surface area contributed by atoms with Crippen LogP contribution in [0.5, 0.6) is 0 Å². The molecule has 0 amide bonds. The van der Waals surface area contributed by atoms with E-state index in [1.807, 2.05) is 19.1 Å². The highest BCUT2D eigenvalue weighted by atomic mass is 16.3. The van der Waals surface area contributed by atoms with Gasteiger partial charge in [0.15, 0.2) is 0 Å². The minimum Gasteiger partial charge on any atom is -0.387 e. The summed E-state index contributed by atoms with van der Waals surface area (Å²) in [6.07, 6.45) is 1.69. The van der Waals surface area contributed by atoms with Gasteiger partial charge in [-0.15, -0.1) is 0 Å². The molecule has 14 heavy (non-hydrogen) atoms. The lowest BCUT2D eigenvalue weighted by atomic mass is 10.0. The third-order valence-electron chi connectivity index (χ3n) is 2.36. The van der Waals surface area contributed by atoms with Crippen molar-refractivity contribution in [2.45, 2.75) is 38.8 Å². The first-order chi connectivity index (χ1) is 6.65. The molecule has 0 aliphatic carbocycles. The van der Waals surface area contributed by atoms with Gasteiger partial charge in [0, 0.05) is 6.04 Å². The zero-order chi connectivity index (χ0) is 10.6. The van der Waals surface area contributed by atoms with E-state index in [2.05, 4.69) is 19.1 Å². The molecule has 0 aliphatic heterocycles. The quantitative estimate of drug-likeness (QED) is 0.768. The van der Waals surface area contributed by atoms with E-state index in [1.165, 1.54) is 5.56 Å². The SMILES string of the molecule is CCCc1ccc([C@@H](O)[C@H](C)N)cc1. The highest BCUT2D eigenvalue weighted by Gasteiger charge is 2.11. The van der Waals surface area contributed by atoms with Gasteiger partial charge in [-0.25, -0.2) is 0 Å². The highest BCUT2D eigenvalue weighted by Crippen LogP contribution is 2.16. The number of nitrogens with two attached hydrogens (primary N) is 1. The number of benzene rings is 1. The van der Waals surface area contributed by atoms with Gasteiger partial charge in [0.1, 0.15) is 0 Å². The van der Waals surface area contributed by atoms with Gasteiger partial charge in [-0.05, 0) is 24.5 Å². The molecule has 1 aromatic rings. The smallest absolute Gasteiger partial charge is 0.0938 e. The molecule has 0 aromatic heterocycles. The Morgan fingerprint density at radius 1 is 1.29 bits per heavy atom. The summed E-state index contributed by atoms with van der Waals surface area (Å²) in [5.74, 6) is 0. The summed E-state index contributed by atoms with van der Waals surface area (Å²) >= 11 is 0. The van der Waals surface area contributed by atoms with Crippen LogP contribution in [0.2, 0.25) is 0 Å². The number of aryl methyl sites for hydroxylation is 1. The molecule has 0 saturated carbocycles. The Morgan fingerprint density at radius 2 is 1.86 bits per heavy atom. The third kappa shape index (κ3) is 2.82. The van der Waals surface area contributed by atoms with Crippen LogP contribution in [-0.2, 0) is 6.42 Å². The Labute approximate surface area is 85.8 Å². The van der Waals surface area contributed by atoms with Crippen LogP contribution in [0, 0.1) is 0 Å². The van der Waals surface area contributed by atoms with E-state index in [0.717, 1.165) is 18.4 Å². The van der Waals surface area contributed by atoms with Crippen molar-refractivity contribution in [2.75, 3.05) is 0 Å². The molecule has 0 spiro atoms. The van der Waals surface area contributed by atoms with Gasteiger partial charge >= 0.3 is 0 Å². The summed E-state index contributed by atoms with van der Waals surface area (Å²) in [4.78, 5) is 0. The van der Waals surface area contributed by atoms with Crippen molar-refractivity contribution in [3.8, 4) is 0 Å². The van der Waals surface area contributed by atoms with Crippen LogP contribution in [0.25, 0.3) is 0 Å². The van der Waals surface area contributed by atoms with Crippen LogP contribution in [0.4, 0.5) is 0 Å². The van der Waals surface area contributed by atoms with Gasteiger partial charge in [0.25, 0.3) is 0 Å². The van der Waals surface area contributed by atoms with Crippen molar-refractivity contribution in [1.29, 1.82) is 0 Å². The number of hydrogen-bond acceptors (Lipinski definition) is 2. The Morgan fingerprint density at radius 3 is 2.29 bits per heavy atom. The van der Waals surface area contributed by atoms with Crippen molar-refractivity contribution in [2.24, 2.45) is 5.73 Å². The Hall–Kier alpha value is -0.860. The number of aliphatic hydroxyl groups excluding tert-OH is 1. The minimum absolute atomic E-state index is 0.216. The van der Waals surface area contributed by atoms with Crippen LogP contribution in [0.15, 0.2) is 24.3 Å². The molecule has 2 nitrogen and oxygen atoms in total. The maximum Gasteiger partial charge on any atom is 0.0938 e. The van der Waals surface area contributed by atoms with Crippen LogP contribution in [0.3, 0.4) is 0 Å². The van der Waals surface area contributed by atoms with E-state index < -0.39 is 6.10 Å². The largest absolute Gasteiger partial charge is 0.387 e. The fourth-order valence-electron chi connectivity index (χ4n) is 1.47. The van der Waals surface area contributed by atoms with Crippen molar-refractivity contribution in [3.63, 3.8) is 0 Å². The summed E-state index contributed by atoms with van der Waals surface area (Å²) < 4.78 is 0.